The van der Waals surface area contributed by atoms with Crippen molar-refractivity contribution in [1.29, 1.82) is 0 Å². The molecule has 1 aliphatic rings. The molecule has 56 valence electrons. The van der Waals surface area contributed by atoms with Gasteiger partial charge in [0, 0.05) is 14.1 Å². The van der Waals surface area contributed by atoms with Crippen LogP contribution in [0, 0.1) is 0 Å². The van der Waals surface area contributed by atoms with E-state index in [0.717, 1.165) is 0 Å². The molecule has 2 nitrogen and oxygen atoms in total. The van der Waals surface area contributed by atoms with Crippen molar-refractivity contribution in [2.75, 3.05) is 14.1 Å². The van der Waals surface area contributed by atoms with Crippen LogP contribution in [0.15, 0.2) is 25.6 Å². The van der Waals surface area contributed by atoms with Gasteiger partial charge in [0.1, 0.15) is 0 Å². The van der Waals surface area contributed by atoms with Crippen LogP contribution in [-0.2, 0) is 0 Å². The summed E-state index contributed by atoms with van der Waals surface area (Å²) in [6.07, 6.45) is 4.23. The lowest BCUT2D eigenvalue weighted by atomic mass is 11.0. The molecule has 0 N–H and O–H groups in total. The maximum atomic E-state index is 3.85. The van der Waals surface area contributed by atoms with Crippen molar-refractivity contribution in [3.63, 3.8) is 0 Å². The van der Waals surface area contributed by atoms with Gasteiger partial charge in [-0.05, 0) is 13.2 Å². The van der Waals surface area contributed by atoms with E-state index in [1.165, 1.54) is 7.63 Å². The molecule has 0 unspecified atom stereocenters. The summed E-state index contributed by atoms with van der Waals surface area (Å²) in [6.45, 7) is 7.70. The number of quaternary nitrogens is 2. The second-order valence-corrected chi connectivity index (χ2v) is 11.7. The van der Waals surface area contributed by atoms with Crippen LogP contribution in [0.3, 0.4) is 0 Å². The second kappa shape index (κ2) is 2.16. The standard InChI is InChI=1S/C6H16N2Si2/c1-5-7(3)9-8(4,6-2)10-7/h5-6H,1-2,9-10H2,3-4H3/q+2. The van der Waals surface area contributed by atoms with Gasteiger partial charge in [0.05, 0.1) is 12.4 Å². The highest BCUT2D eigenvalue weighted by atomic mass is 28.4. The molecule has 0 amide bonds. The van der Waals surface area contributed by atoms with Gasteiger partial charge < -0.3 is 7.63 Å². The molecule has 0 spiro atoms. The summed E-state index contributed by atoms with van der Waals surface area (Å²) in [5, 5.41) is 0. The minimum atomic E-state index is -0.0594. The van der Waals surface area contributed by atoms with Gasteiger partial charge in [0.2, 0.25) is 0 Å². The highest BCUT2D eigenvalue weighted by Crippen LogP contribution is 2.20. The molecule has 0 atom stereocenters. The Kier molecular flexibility index (Phi) is 1.72. The third-order valence-electron chi connectivity index (χ3n) is 2.17. The fourth-order valence-electron chi connectivity index (χ4n) is 1.67. The number of rotatable bonds is 2. The fraction of sp³-hybridized carbons (Fsp3) is 0.333. The maximum absolute atomic E-state index is 3.85. The van der Waals surface area contributed by atoms with Crippen LogP contribution < -0.4 is 0 Å². The van der Waals surface area contributed by atoms with Crippen LogP contribution in [0.4, 0.5) is 0 Å². The van der Waals surface area contributed by atoms with Gasteiger partial charge in [0.25, 0.3) is 0 Å². The van der Waals surface area contributed by atoms with Crippen molar-refractivity contribution in [2.45, 2.75) is 0 Å². The lowest BCUT2D eigenvalue weighted by molar-refractivity contribution is -0.856. The fourth-order valence-corrected chi connectivity index (χ4v) is 9.38. The number of hydrogen-bond donors (Lipinski definition) is 0. The van der Waals surface area contributed by atoms with Gasteiger partial charge in [-0.1, -0.05) is 0 Å². The highest BCUT2D eigenvalue weighted by Gasteiger charge is 2.50. The highest BCUT2D eigenvalue weighted by molar-refractivity contribution is 6.47. The van der Waals surface area contributed by atoms with Crippen LogP contribution >= 0.6 is 0 Å². The van der Waals surface area contributed by atoms with Crippen LogP contribution in [-0.4, -0.2) is 41.4 Å². The van der Waals surface area contributed by atoms with Crippen molar-refractivity contribution in [3.8, 4) is 0 Å². The third kappa shape index (κ3) is 1.15. The minimum absolute atomic E-state index is 0.0594. The summed E-state index contributed by atoms with van der Waals surface area (Å²) < 4.78 is 2.48. The van der Waals surface area contributed by atoms with Crippen LogP contribution in [0.1, 0.15) is 0 Å². The minimum Gasteiger partial charge on any atom is -0.336 e. The lowest BCUT2D eigenvalue weighted by Gasteiger charge is -2.50. The summed E-state index contributed by atoms with van der Waals surface area (Å²) in [7, 11) is 4.48. The average Bonchev–Trinajstić information content (AvgIpc) is 1.85. The molecule has 1 aliphatic heterocycles. The van der Waals surface area contributed by atoms with Crippen molar-refractivity contribution < 1.29 is 7.63 Å². The molecule has 4 heteroatoms. The summed E-state index contributed by atoms with van der Waals surface area (Å²) >= 11 is 0. The van der Waals surface area contributed by atoms with Crippen molar-refractivity contribution in [1.82, 2.24) is 0 Å². The zero-order valence-corrected chi connectivity index (χ0v) is 9.71. The summed E-state index contributed by atoms with van der Waals surface area (Å²) in [4.78, 5) is 0. The Bertz CT molecular complexity index is 155. The average molecular weight is 172 g/mol. The molecule has 0 radical (unpaired) electrons. The van der Waals surface area contributed by atoms with E-state index < -0.39 is 0 Å². The molecule has 0 aromatic heterocycles. The lowest BCUT2D eigenvalue weighted by Crippen LogP contribution is -2.77. The van der Waals surface area contributed by atoms with Gasteiger partial charge in [-0.25, -0.2) is 0 Å². The van der Waals surface area contributed by atoms with E-state index in [0.29, 0.717) is 0 Å². The first-order chi connectivity index (χ1) is 4.54. The molecule has 0 bridgehead atoms. The van der Waals surface area contributed by atoms with E-state index in [1.807, 2.05) is 0 Å². The summed E-state index contributed by atoms with van der Waals surface area (Å²) in [5.41, 5.74) is 0. The van der Waals surface area contributed by atoms with Crippen LogP contribution in [0.25, 0.3) is 0 Å². The predicted molar refractivity (Wildman–Crippen MR) is 49.9 cm³/mol. The zero-order valence-electron chi connectivity index (χ0n) is 6.88. The second-order valence-electron chi connectivity index (χ2n) is 3.61. The van der Waals surface area contributed by atoms with Crippen molar-refractivity contribution in [3.05, 3.63) is 25.6 Å². The quantitative estimate of drug-likeness (QED) is 0.478. The number of nitrogens with zero attached hydrogens (tertiary/aromatic N) is 2. The zero-order chi connectivity index (χ0) is 7.83. The molecule has 1 fully saturated rings. The first-order valence-electron chi connectivity index (χ1n) is 3.49. The molecule has 0 aromatic carbocycles. The van der Waals surface area contributed by atoms with Gasteiger partial charge in [-0.15, -0.1) is 0 Å². The Morgan fingerprint density at radius 1 is 1.00 bits per heavy atom. The molecule has 1 heterocycles. The predicted octanol–water partition coefficient (Wildman–Crippen LogP) is -0.822. The molecule has 0 aliphatic carbocycles. The van der Waals surface area contributed by atoms with E-state index in [-0.39, 0.29) is 19.7 Å². The molecule has 1 saturated heterocycles. The molecule has 0 aromatic rings. The Morgan fingerprint density at radius 3 is 1.50 bits per heavy atom. The van der Waals surface area contributed by atoms with E-state index in [1.54, 1.807) is 0 Å². The van der Waals surface area contributed by atoms with E-state index >= 15 is 0 Å². The maximum Gasteiger partial charge on any atom is 0.475 e. The first kappa shape index (κ1) is 7.94. The van der Waals surface area contributed by atoms with E-state index in [2.05, 4.69) is 39.7 Å². The molecule has 1 rings (SSSR count). The van der Waals surface area contributed by atoms with Crippen molar-refractivity contribution in [2.24, 2.45) is 0 Å². The third-order valence-corrected chi connectivity index (χ3v) is 8.19. The summed E-state index contributed by atoms with van der Waals surface area (Å²) in [5.74, 6) is 0. The number of hydrogen-bond acceptors (Lipinski definition) is 0. The SMILES string of the molecule is C=C[N+]1(C)[SiH2][N+](C)(C=C)[SiH2]1. The Labute approximate surface area is 67.6 Å². The van der Waals surface area contributed by atoms with Gasteiger partial charge in [0.15, 0.2) is 0 Å². The summed E-state index contributed by atoms with van der Waals surface area (Å²) in [6, 6.07) is 0. The molecule has 0 saturated carbocycles. The topological polar surface area (TPSA) is 0 Å². The van der Waals surface area contributed by atoms with Gasteiger partial charge in [-0.3, -0.25) is 0 Å². The largest absolute Gasteiger partial charge is 0.475 e. The molecule has 10 heavy (non-hydrogen) atoms. The van der Waals surface area contributed by atoms with Gasteiger partial charge >= 0.3 is 19.7 Å². The monoisotopic (exact) mass is 172 g/mol. The normalized spacial score (nSPS) is 50.6. The Balaban J connectivity index is 2.57. The van der Waals surface area contributed by atoms with Gasteiger partial charge in [-0.2, -0.15) is 0 Å². The molecular formula is C6H16N2Si2+2. The smallest absolute Gasteiger partial charge is 0.336 e. The Morgan fingerprint density at radius 2 is 1.30 bits per heavy atom. The molecular weight excluding hydrogens is 156 g/mol. The van der Waals surface area contributed by atoms with Crippen molar-refractivity contribution >= 4 is 19.7 Å². The van der Waals surface area contributed by atoms with Crippen LogP contribution in [0.5, 0.6) is 0 Å². The van der Waals surface area contributed by atoms with E-state index in [4.69, 9.17) is 0 Å². The first-order valence-corrected chi connectivity index (χ1v) is 6.02. The van der Waals surface area contributed by atoms with E-state index in [9.17, 15) is 0 Å². The Hall–Kier alpha value is -0.166. The van der Waals surface area contributed by atoms with Crippen LogP contribution in [0.2, 0.25) is 0 Å².